The Bertz CT molecular complexity index is 737. The first kappa shape index (κ1) is 14.0. The Morgan fingerprint density at radius 1 is 0.667 bits per heavy atom. The topological polar surface area (TPSA) is 40.5 Å². The molecule has 0 saturated carbocycles. The van der Waals surface area contributed by atoms with E-state index in [0.29, 0.717) is 11.5 Å². The first-order valence-electron chi connectivity index (χ1n) is 6.74. The van der Waals surface area contributed by atoms with Crippen molar-refractivity contribution >= 4 is 14.5 Å². The second kappa shape index (κ2) is 5.44. The van der Waals surface area contributed by atoms with Crippen LogP contribution in [0.15, 0.2) is 48.5 Å². The van der Waals surface area contributed by atoms with Gasteiger partial charge in [0.25, 0.3) is 0 Å². The van der Waals surface area contributed by atoms with Crippen LogP contribution in [-0.2, 0) is 0 Å². The van der Waals surface area contributed by atoms with Gasteiger partial charge >= 0.3 is 130 Å². The molecule has 2 N–H and O–H groups in total. The molecular formula is C18H16O2Se. The molecule has 0 saturated heterocycles. The van der Waals surface area contributed by atoms with Crippen molar-refractivity contribution in [3.63, 3.8) is 0 Å². The number of rotatable bonds is 2. The molecule has 3 rings (SSSR count). The van der Waals surface area contributed by atoms with Crippen LogP contribution in [0.4, 0.5) is 0 Å². The molecule has 0 aliphatic rings. The number of benzene rings is 2. The van der Waals surface area contributed by atoms with E-state index in [2.05, 4.69) is 12.1 Å². The van der Waals surface area contributed by atoms with Crippen LogP contribution >= 0.6 is 0 Å². The molecule has 0 fully saturated rings. The molecule has 0 aliphatic carbocycles. The van der Waals surface area contributed by atoms with Crippen molar-refractivity contribution in [2.45, 2.75) is 13.8 Å². The third-order valence-electron chi connectivity index (χ3n) is 3.57. The Morgan fingerprint density at radius 2 is 1.10 bits per heavy atom. The molecule has 1 aromatic heterocycles. The van der Waals surface area contributed by atoms with Gasteiger partial charge in [0.15, 0.2) is 0 Å². The fraction of sp³-hybridized carbons (Fsp3) is 0.111. The molecule has 0 bridgehead atoms. The van der Waals surface area contributed by atoms with E-state index < -0.39 is 0 Å². The number of aromatic hydroxyl groups is 2. The number of hydrogen-bond donors (Lipinski definition) is 2. The SMILES string of the molecule is Cc1cc(-c2ccc(-c3ccc(O)c(C)c3)[se]2)ccc1O. The third kappa shape index (κ3) is 2.76. The molecule has 2 aromatic carbocycles. The molecule has 3 aromatic rings. The van der Waals surface area contributed by atoms with Crippen molar-refractivity contribution in [1.29, 1.82) is 0 Å². The van der Waals surface area contributed by atoms with E-state index in [1.165, 1.54) is 20.0 Å². The summed E-state index contributed by atoms with van der Waals surface area (Å²) in [6.07, 6.45) is 0. The van der Waals surface area contributed by atoms with Gasteiger partial charge in [0.05, 0.1) is 0 Å². The Balaban J connectivity index is 1.99. The average molecular weight is 343 g/mol. The quantitative estimate of drug-likeness (QED) is 0.688. The van der Waals surface area contributed by atoms with Crippen LogP contribution in [0.1, 0.15) is 11.1 Å². The molecule has 21 heavy (non-hydrogen) atoms. The number of hydrogen-bond acceptors (Lipinski definition) is 2. The number of phenolic OH excluding ortho intramolecular Hbond substituents is 2. The van der Waals surface area contributed by atoms with Crippen LogP contribution in [0.5, 0.6) is 11.5 Å². The maximum absolute atomic E-state index is 9.62. The van der Waals surface area contributed by atoms with E-state index in [0.717, 1.165) is 11.1 Å². The Hall–Kier alpha value is -1.96. The van der Waals surface area contributed by atoms with E-state index >= 15 is 0 Å². The second-order valence-electron chi connectivity index (χ2n) is 5.17. The van der Waals surface area contributed by atoms with Gasteiger partial charge in [-0.05, 0) is 0 Å². The Labute approximate surface area is 130 Å². The van der Waals surface area contributed by atoms with Crippen LogP contribution in [-0.4, -0.2) is 24.7 Å². The van der Waals surface area contributed by atoms with Crippen molar-refractivity contribution in [1.82, 2.24) is 0 Å². The first-order valence-corrected chi connectivity index (χ1v) is 8.46. The van der Waals surface area contributed by atoms with Crippen LogP contribution in [0.3, 0.4) is 0 Å². The van der Waals surface area contributed by atoms with Gasteiger partial charge in [-0.25, -0.2) is 0 Å². The van der Waals surface area contributed by atoms with Gasteiger partial charge in [-0.3, -0.25) is 0 Å². The number of aryl methyl sites for hydroxylation is 2. The Kier molecular flexibility index (Phi) is 3.62. The summed E-state index contributed by atoms with van der Waals surface area (Å²) < 4.78 is 2.62. The molecule has 0 amide bonds. The minimum absolute atomic E-state index is 0.243. The van der Waals surface area contributed by atoms with Crippen molar-refractivity contribution in [2.24, 2.45) is 0 Å². The summed E-state index contributed by atoms with van der Waals surface area (Å²) in [7, 11) is 0. The fourth-order valence-corrected chi connectivity index (χ4v) is 4.36. The first-order chi connectivity index (χ1) is 10.0. The summed E-state index contributed by atoms with van der Waals surface area (Å²) in [4.78, 5) is 0. The molecule has 106 valence electrons. The number of phenols is 2. The average Bonchev–Trinajstić information content (AvgIpc) is 2.94. The third-order valence-corrected chi connectivity index (χ3v) is 6.05. The van der Waals surface area contributed by atoms with Crippen LogP contribution in [0.2, 0.25) is 0 Å². The molecule has 0 unspecified atom stereocenters. The van der Waals surface area contributed by atoms with Crippen molar-refractivity contribution < 1.29 is 10.2 Å². The zero-order valence-electron chi connectivity index (χ0n) is 11.9. The van der Waals surface area contributed by atoms with Gasteiger partial charge in [-0.1, -0.05) is 0 Å². The molecular weight excluding hydrogens is 327 g/mol. The van der Waals surface area contributed by atoms with Crippen molar-refractivity contribution in [2.75, 3.05) is 0 Å². The monoisotopic (exact) mass is 344 g/mol. The van der Waals surface area contributed by atoms with Gasteiger partial charge in [0.2, 0.25) is 0 Å². The van der Waals surface area contributed by atoms with E-state index in [4.69, 9.17) is 0 Å². The zero-order valence-corrected chi connectivity index (χ0v) is 13.6. The molecule has 3 heteroatoms. The predicted molar refractivity (Wildman–Crippen MR) is 87.1 cm³/mol. The standard InChI is InChI=1S/C18H16O2Se/c1-11-9-13(3-5-15(11)19)17-7-8-18(21-17)14-4-6-16(20)12(2)10-14/h3-10,19-20H,1-2H3. The van der Waals surface area contributed by atoms with E-state index in [-0.39, 0.29) is 14.5 Å². The maximum atomic E-state index is 9.62. The van der Waals surface area contributed by atoms with Crippen LogP contribution in [0, 0.1) is 13.8 Å². The van der Waals surface area contributed by atoms with Crippen LogP contribution in [0.25, 0.3) is 20.0 Å². The summed E-state index contributed by atoms with van der Waals surface area (Å²) >= 11 is 0.243. The molecule has 0 aliphatic heterocycles. The zero-order chi connectivity index (χ0) is 15.0. The van der Waals surface area contributed by atoms with Gasteiger partial charge in [-0.15, -0.1) is 0 Å². The molecule has 2 nitrogen and oxygen atoms in total. The summed E-state index contributed by atoms with van der Waals surface area (Å²) in [6.45, 7) is 3.83. The van der Waals surface area contributed by atoms with Crippen molar-refractivity contribution in [3.05, 3.63) is 59.7 Å². The van der Waals surface area contributed by atoms with E-state index in [1.54, 1.807) is 12.1 Å². The van der Waals surface area contributed by atoms with Gasteiger partial charge < -0.3 is 0 Å². The van der Waals surface area contributed by atoms with Crippen molar-refractivity contribution in [3.8, 4) is 31.5 Å². The van der Waals surface area contributed by atoms with E-state index in [1.807, 2.05) is 38.1 Å². The Morgan fingerprint density at radius 3 is 1.48 bits per heavy atom. The normalized spacial score (nSPS) is 10.8. The van der Waals surface area contributed by atoms with Gasteiger partial charge in [0.1, 0.15) is 0 Å². The van der Waals surface area contributed by atoms with Gasteiger partial charge in [-0.2, -0.15) is 0 Å². The molecule has 1 heterocycles. The molecule has 0 radical (unpaired) electrons. The predicted octanol–water partition coefficient (Wildman–Crippen LogP) is 4.11. The second-order valence-corrected chi connectivity index (χ2v) is 7.44. The van der Waals surface area contributed by atoms with Crippen LogP contribution < -0.4 is 0 Å². The summed E-state index contributed by atoms with van der Waals surface area (Å²) in [5.74, 6) is 0.680. The van der Waals surface area contributed by atoms with E-state index in [9.17, 15) is 10.2 Å². The fourth-order valence-electron chi connectivity index (χ4n) is 2.27. The van der Waals surface area contributed by atoms with Gasteiger partial charge in [0, 0.05) is 0 Å². The molecule has 0 atom stereocenters. The molecule has 0 spiro atoms. The summed E-state index contributed by atoms with van der Waals surface area (Å²) in [6, 6.07) is 15.8. The summed E-state index contributed by atoms with van der Waals surface area (Å²) in [5, 5.41) is 19.2. The minimum atomic E-state index is 0.243. The summed E-state index contributed by atoms with van der Waals surface area (Å²) in [5.41, 5.74) is 4.15.